The molecule has 1 aromatic heterocycles. The molecule has 2 N–H and O–H groups in total. The van der Waals surface area contributed by atoms with E-state index in [1.165, 1.54) is 10.7 Å². The summed E-state index contributed by atoms with van der Waals surface area (Å²) in [5.41, 5.74) is 0.782. The first-order valence-corrected chi connectivity index (χ1v) is 7.08. The molecule has 1 amide bonds. The Morgan fingerprint density at radius 1 is 1.22 bits per heavy atom. The summed E-state index contributed by atoms with van der Waals surface area (Å²) in [6.45, 7) is 1.19. The number of carboxylic acid groups (broad SMARTS) is 1. The van der Waals surface area contributed by atoms with Gasteiger partial charge in [0, 0.05) is 18.0 Å². The minimum absolute atomic E-state index is 0.0507. The summed E-state index contributed by atoms with van der Waals surface area (Å²) >= 11 is 0. The van der Waals surface area contributed by atoms with Gasteiger partial charge in [0.15, 0.2) is 17.2 Å². The number of hydrogen-bond donors (Lipinski definition) is 2. The second-order valence-corrected chi connectivity index (χ2v) is 4.92. The molecule has 0 aliphatic carbocycles. The minimum Gasteiger partial charge on any atom is -0.486 e. The number of carboxylic acids is 1. The van der Waals surface area contributed by atoms with Crippen molar-refractivity contribution < 1.29 is 24.2 Å². The fraction of sp³-hybridized carbons (Fsp3) is 0.267. The number of carbonyl (C=O) groups is 2. The molecular weight excluding hydrogens is 302 g/mol. The molecule has 23 heavy (non-hydrogen) atoms. The van der Waals surface area contributed by atoms with Crippen molar-refractivity contribution in [1.82, 2.24) is 9.78 Å². The Balaban J connectivity index is 1.66. The largest absolute Gasteiger partial charge is 0.486 e. The number of nitrogens with one attached hydrogen (secondary N) is 1. The molecule has 1 aliphatic heterocycles. The summed E-state index contributed by atoms with van der Waals surface area (Å²) in [5, 5.41) is 15.4. The number of carbonyl (C=O) groups excluding carboxylic acids is 1. The number of rotatable bonds is 5. The van der Waals surface area contributed by atoms with Crippen molar-refractivity contribution in [2.75, 3.05) is 18.5 Å². The van der Waals surface area contributed by atoms with Gasteiger partial charge in [-0.2, -0.15) is 5.10 Å². The monoisotopic (exact) mass is 317 g/mol. The first kappa shape index (κ1) is 14.9. The molecule has 0 bridgehead atoms. The number of nitrogens with zero attached hydrogens (tertiary/aromatic N) is 2. The molecular formula is C15H15N3O5. The first-order valence-electron chi connectivity index (χ1n) is 7.08. The van der Waals surface area contributed by atoms with E-state index in [0.29, 0.717) is 30.4 Å². The van der Waals surface area contributed by atoms with Gasteiger partial charge in [0.25, 0.3) is 5.91 Å². The topological polar surface area (TPSA) is 103 Å². The van der Waals surface area contributed by atoms with Crippen molar-refractivity contribution in [3.05, 3.63) is 36.2 Å². The van der Waals surface area contributed by atoms with Crippen molar-refractivity contribution >= 4 is 17.6 Å². The Bertz CT molecular complexity index is 740. The zero-order valence-corrected chi connectivity index (χ0v) is 12.2. The van der Waals surface area contributed by atoms with Gasteiger partial charge in [0.2, 0.25) is 0 Å². The van der Waals surface area contributed by atoms with Crippen LogP contribution in [0.5, 0.6) is 11.5 Å². The molecule has 2 heterocycles. The lowest BCUT2D eigenvalue weighted by Crippen LogP contribution is -2.17. The van der Waals surface area contributed by atoms with Crippen LogP contribution in [0.25, 0.3) is 0 Å². The summed E-state index contributed by atoms with van der Waals surface area (Å²) < 4.78 is 12.3. The maximum absolute atomic E-state index is 12.2. The van der Waals surface area contributed by atoms with Crippen molar-refractivity contribution in [3.8, 4) is 11.5 Å². The first-order chi connectivity index (χ1) is 11.1. The van der Waals surface area contributed by atoms with Crippen LogP contribution in [0.3, 0.4) is 0 Å². The van der Waals surface area contributed by atoms with Crippen LogP contribution < -0.4 is 14.8 Å². The van der Waals surface area contributed by atoms with Gasteiger partial charge in [-0.1, -0.05) is 0 Å². The van der Waals surface area contributed by atoms with E-state index in [1.54, 1.807) is 24.4 Å². The number of ether oxygens (including phenoxy) is 2. The van der Waals surface area contributed by atoms with Crippen molar-refractivity contribution in [1.29, 1.82) is 0 Å². The van der Waals surface area contributed by atoms with Crippen LogP contribution in [0.15, 0.2) is 30.5 Å². The van der Waals surface area contributed by atoms with Crippen molar-refractivity contribution in [2.45, 2.75) is 13.0 Å². The van der Waals surface area contributed by atoms with Gasteiger partial charge < -0.3 is 19.9 Å². The maximum Gasteiger partial charge on any atom is 0.305 e. The quantitative estimate of drug-likeness (QED) is 0.863. The fourth-order valence-corrected chi connectivity index (χ4v) is 2.13. The van der Waals surface area contributed by atoms with Crippen LogP contribution in [0, 0.1) is 0 Å². The number of hydrogen-bond acceptors (Lipinski definition) is 5. The predicted molar refractivity (Wildman–Crippen MR) is 79.9 cm³/mol. The van der Waals surface area contributed by atoms with Gasteiger partial charge in [-0.15, -0.1) is 0 Å². The number of aliphatic carboxylic acids is 1. The molecule has 8 nitrogen and oxygen atoms in total. The zero-order chi connectivity index (χ0) is 16.2. The predicted octanol–water partition coefficient (Wildman–Crippen LogP) is 1.38. The van der Waals surface area contributed by atoms with E-state index in [-0.39, 0.29) is 24.6 Å². The van der Waals surface area contributed by atoms with Crippen LogP contribution in [-0.2, 0) is 11.3 Å². The number of anilines is 1. The summed E-state index contributed by atoms with van der Waals surface area (Å²) in [7, 11) is 0. The third kappa shape index (κ3) is 3.60. The third-order valence-electron chi connectivity index (χ3n) is 3.23. The van der Waals surface area contributed by atoms with Crippen LogP contribution in [0.2, 0.25) is 0 Å². The van der Waals surface area contributed by atoms with E-state index in [9.17, 15) is 9.59 Å². The van der Waals surface area contributed by atoms with Crippen molar-refractivity contribution in [3.63, 3.8) is 0 Å². The Hall–Kier alpha value is -3.03. The average molecular weight is 317 g/mol. The molecule has 0 unspecified atom stereocenters. The van der Waals surface area contributed by atoms with Crippen LogP contribution in [-0.4, -0.2) is 40.0 Å². The number of fused-ring (bicyclic) bond motifs is 1. The Morgan fingerprint density at radius 2 is 2.00 bits per heavy atom. The minimum atomic E-state index is -0.914. The van der Waals surface area contributed by atoms with Gasteiger partial charge in [-0.05, 0) is 18.2 Å². The Kier molecular flexibility index (Phi) is 4.13. The number of amides is 1. The lowest BCUT2D eigenvalue weighted by molar-refractivity contribution is -0.137. The molecule has 0 saturated heterocycles. The molecule has 120 valence electrons. The van der Waals surface area contributed by atoms with Crippen LogP contribution in [0.4, 0.5) is 5.69 Å². The molecule has 1 aliphatic rings. The highest BCUT2D eigenvalue weighted by Crippen LogP contribution is 2.32. The van der Waals surface area contributed by atoms with E-state index in [4.69, 9.17) is 14.6 Å². The van der Waals surface area contributed by atoms with Crippen molar-refractivity contribution in [2.24, 2.45) is 0 Å². The highest BCUT2D eigenvalue weighted by molar-refractivity contribution is 6.02. The molecule has 0 radical (unpaired) electrons. The molecule has 3 rings (SSSR count). The second-order valence-electron chi connectivity index (χ2n) is 4.92. The molecule has 2 aromatic rings. The third-order valence-corrected chi connectivity index (χ3v) is 3.23. The normalized spacial score (nSPS) is 12.7. The molecule has 0 fully saturated rings. The standard InChI is InChI=1S/C15H15N3O5/c19-14(20)4-6-18-5-3-11(17-18)15(21)16-10-1-2-12-13(9-10)23-8-7-22-12/h1-3,5,9H,4,6-8H2,(H,16,21)(H,19,20). The van der Waals surface area contributed by atoms with Gasteiger partial charge in [0.1, 0.15) is 13.2 Å². The summed E-state index contributed by atoms with van der Waals surface area (Å²) in [6, 6.07) is 6.67. The summed E-state index contributed by atoms with van der Waals surface area (Å²) in [5.74, 6) is -0.0632. The number of aryl methyl sites for hydroxylation is 1. The van der Waals surface area contributed by atoms with Gasteiger partial charge in [0.05, 0.1) is 13.0 Å². The number of aromatic nitrogens is 2. The molecule has 8 heteroatoms. The van der Waals surface area contributed by atoms with E-state index in [0.717, 1.165) is 0 Å². The second kappa shape index (κ2) is 6.39. The van der Waals surface area contributed by atoms with Crippen LogP contribution >= 0.6 is 0 Å². The van der Waals surface area contributed by atoms with Crippen LogP contribution in [0.1, 0.15) is 16.9 Å². The zero-order valence-electron chi connectivity index (χ0n) is 12.2. The molecule has 1 aromatic carbocycles. The lowest BCUT2D eigenvalue weighted by Gasteiger charge is -2.18. The number of benzene rings is 1. The van der Waals surface area contributed by atoms with E-state index >= 15 is 0 Å². The van der Waals surface area contributed by atoms with Gasteiger partial charge in [-0.25, -0.2) is 0 Å². The maximum atomic E-state index is 12.2. The fourth-order valence-electron chi connectivity index (χ4n) is 2.13. The molecule has 0 saturated carbocycles. The average Bonchev–Trinajstić information content (AvgIpc) is 3.02. The SMILES string of the molecule is O=C(O)CCn1ccc(C(=O)Nc2ccc3c(c2)OCCO3)n1. The summed E-state index contributed by atoms with van der Waals surface area (Å²) in [4.78, 5) is 22.7. The van der Waals surface area contributed by atoms with E-state index in [1.807, 2.05) is 0 Å². The molecule has 0 atom stereocenters. The molecule has 0 spiro atoms. The van der Waals surface area contributed by atoms with E-state index < -0.39 is 5.97 Å². The Morgan fingerprint density at radius 3 is 2.78 bits per heavy atom. The van der Waals surface area contributed by atoms with Gasteiger partial charge in [-0.3, -0.25) is 14.3 Å². The lowest BCUT2D eigenvalue weighted by atomic mass is 10.2. The highest BCUT2D eigenvalue weighted by Gasteiger charge is 2.14. The Labute approximate surface area is 131 Å². The summed E-state index contributed by atoms with van der Waals surface area (Å²) in [6.07, 6.45) is 1.52. The van der Waals surface area contributed by atoms with E-state index in [2.05, 4.69) is 10.4 Å². The smallest absolute Gasteiger partial charge is 0.305 e. The van der Waals surface area contributed by atoms with Gasteiger partial charge >= 0.3 is 5.97 Å². The highest BCUT2D eigenvalue weighted by atomic mass is 16.6.